The molecule has 0 fully saturated rings. The Morgan fingerprint density at radius 1 is 0.708 bits per heavy atom. The molecule has 0 spiro atoms. The quantitative estimate of drug-likeness (QED) is 0.580. The highest BCUT2D eigenvalue weighted by Crippen LogP contribution is 2.25. The molecule has 0 saturated heterocycles. The van der Waals surface area contributed by atoms with Crippen LogP contribution in [0.15, 0.2) is 52.3 Å². The summed E-state index contributed by atoms with van der Waals surface area (Å²) in [4.78, 5) is 31.4. The van der Waals surface area contributed by atoms with Crippen LogP contribution in [-0.2, 0) is 9.84 Å². The van der Waals surface area contributed by atoms with Gasteiger partial charge in [0.2, 0.25) is 9.84 Å². The summed E-state index contributed by atoms with van der Waals surface area (Å²) in [5.41, 5.74) is -1.55. The maximum absolute atomic E-state index is 12.5. The number of sulfone groups is 1. The third-order valence-electron chi connectivity index (χ3n) is 3.13. The van der Waals surface area contributed by atoms with Gasteiger partial charge in [0, 0.05) is 5.56 Å². The fourth-order valence-corrected chi connectivity index (χ4v) is 3.41. The lowest BCUT2D eigenvalue weighted by molar-refractivity contribution is -0.256. The molecule has 0 aliphatic carbocycles. The predicted octanol–water partition coefficient (Wildman–Crippen LogP) is -2.39. The van der Waals surface area contributed by atoms with E-state index in [4.69, 9.17) is 0 Å². The molecule has 2 aromatic carbocycles. The summed E-state index contributed by atoms with van der Waals surface area (Å²) in [5.74, 6) is -5.03. The van der Waals surface area contributed by atoms with Crippen molar-refractivity contribution in [1.82, 2.24) is 0 Å². The number of hydrogen-bond acceptors (Lipinski definition) is 8. The summed E-state index contributed by atoms with van der Waals surface area (Å²) in [6, 6.07) is 6.09. The zero-order chi connectivity index (χ0) is 18.1. The molecule has 0 atom stereocenters. The van der Waals surface area contributed by atoms with Crippen LogP contribution in [0.5, 0.6) is 0 Å². The first kappa shape index (κ1) is 17.2. The minimum atomic E-state index is -4.44. The van der Waals surface area contributed by atoms with Crippen molar-refractivity contribution < 1.29 is 38.1 Å². The normalized spacial score (nSPS) is 11.0. The average Bonchev–Trinajstić information content (AvgIpc) is 2.54. The number of aromatic carboxylic acids is 3. The second kappa shape index (κ2) is 6.13. The van der Waals surface area contributed by atoms with Crippen molar-refractivity contribution in [2.45, 2.75) is 9.79 Å². The smallest absolute Gasteiger partial charge is 0.207 e. The molecule has 0 amide bonds. The van der Waals surface area contributed by atoms with Gasteiger partial charge in [0.05, 0.1) is 27.7 Å². The van der Waals surface area contributed by atoms with Crippen LogP contribution >= 0.6 is 0 Å². The second-order valence-corrected chi connectivity index (χ2v) is 6.52. The molecule has 24 heavy (non-hydrogen) atoms. The van der Waals surface area contributed by atoms with Gasteiger partial charge in [0.15, 0.2) is 0 Å². The Morgan fingerprint density at radius 3 is 1.67 bits per heavy atom. The van der Waals surface area contributed by atoms with Crippen LogP contribution in [0.1, 0.15) is 31.1 Å². The number of carbonyl (C=O) groups excluding carboxylic acids is 3. The monoisotopic (exact) mass is 347 g/mol. The van der Waals surface area contributed by atoms with Crippen LogP contribution in [0.25, 0.3) is 0 Å². The zero-order valence-corrected chi connectivity index (χ0v) is 12.5. The van der Waals surface area contributed by atoms with E-state index in [0.717, 1.165) is 36.4 Å². The van der Waals surface area contributed by atoms with Crippen molar-refractivity contribution >= 4 is 27.7 Å². The number of carboxylic acid groups (broad SMARTS) is 3. The van der Waals surface area contributed by atoms with E-state index in [0.29, 0.717) is 6.07 Å². The standard InChI is InChI=1S/C15H10O8S/c16-13(17)8-1-4-10(5-2-8)24(22,23)12-7-9(14(18)19)3-6-11(12)15(20)21/h1-7H,(H,16,17)(H,18,19)(H,20,21)/p-3. The minimum Gasteiger partial charge on any atom is -0.545 e. The Kier molecular flexibility index (Phi) is 4.38. The lowest BCUT2D eigenvalue weighted by atomic mass is 10.1. The lowest BCUT2D eigenvalue weighted by Crippen LogP contribution is -2.27. The first-order valence-electron chi connectivity index (χ1n) is 6.28. The molecule has 0 N–H and O–H groups in total. The van der Waals surface area contributed by atoms with Crippen LogP contribution < -0.4 is 15.3 Å². The molecule has 8 nitrogen and oxygen atoms in total. The van der Waals surface area contributed by atoms with E-state index in [2.05, 4.69) is 0 Å². The Balaban J connectivity index is 2.67. The summed E-state index contributed by atoms with van der Waals surface area (Å²) >= 11 is 0. The fourth-order valence-electron chi connectivity index (χ4n) is 1.94. The summed E-state index contributed by atoms with van der Waals surface area (Å²) in [5, 5.41) is 32.7. The summed E-state index contributed by atoms with van der Waals surface area (Å²) in [6.07, 6.45) is 0. The maximum Gasteiger partial charge on any atom is 0.207 e. The van der Waals surface area contributed by atoms with Gasteiger partial charge < -0.3 is 29.7 Å². The van der Waals surface area contributed by atoms with Gasteiger partial charge in [-0.05, 0) is 29.3 Å². The van der Waals surface area contributed by atoms with Gasteiger partial charge in [-0.25, -0.2) is 8.42 Å². The molecule has 124 valence electrons. The highest BCUT2D eigenvalue weighted by Gasteiger charge is 2.22. The van der Waals surface area contributed by atoms with Gasteiger partial charge in [-0.3, -0.25) is 0 Å². The largest absolute Gasteiger partial charge is 0.545 e. The van der Waals surface area contributed by atoms with Gasteiger partial charge in [0.1, 0.15) is 0 Å². The maximum atomic E-state index is 12.5. The molecule has 0 heterocycles. The Labute approximate surface area is 135 Å². The van der Waals surface area contributed by atoms with Gasteiger partial charge in [-0.15, -0.1) is 0 Å². The molecule has 0 saturated carbocycles. The first-order valence-corrected chi connectivity index (χ1v) is 7.76. The molecule has 2 rings (SSSR count). The Hall–Kier alpha value is -3.20. The van der Waals surface area contributed by atoms with Crippen molar-refractivity contribution in [2.75, 3.05) is 0 Å². The van der Waals surface area contributed by atoms with Gasteiger partial charge >= 0.3 is 0 Å². The van der Waals surface area contributed by atoms with E-state index < -0.39 is 48.7 Å². The third kappa shape index (κ3) is 3.10. The second-order valence-electron chi connectivity index (χ2n) is 4.60. The van der Waals surface area contributed by atoms with Gasteiger partial charge in [0.25, 0.3) is 0 Å². The molecule has 2 aromatic rings. The number of benzene rings is 2. The van der Waals surface area contributed by atoms with Crippen LogP contribution in [0.4, 0.5) is 0 Å². The van der Waals surface area contributed by atoms with E-state index in [9.17, 15) is 38.1 Å². The van der Waals surface area contributed by atoms with E-state index in [1.807, 2.05) is 0 Å². The Bertz CT molecular complexity index is 942. The molecular weight excluding hydrogens is 340 g/mol. The number of carbonyl (C=O) groups is 3. The number of hydrogen-bond donors (Lipinski definition) is 0. The van der Waals surface area contributed by atoms with Crippen LogP contribution in [0, 0.1) is 0 Å². The molecule has 0 unspecified atom stereocenters. The molecule has 0 radical (unpaired) electrons. The summed E-state index contributed by atoms with van der Waals surface area (Å²) in [6.45, 7) is 0. The van der Waals surface area contributed by atoms with E-state index in [1.165, 1.54) is 0 Å². The van der Waals surface area contributed by atoms with Crippen LogP contribution in [0.2, 0.25) is 0 Å². The van der Waals surface area contributed by atoms with Crippen molar-refractivity contribution in [3.8, 4) is 0 Å². The topological polar surface area (TPSA) is 155 Å². The number of rotatable bonds is 5. The Morgan fingerprint density at radius 2 is 1.21 bits per heavy atom. The van der Waals surface area contributed by atoms with E-state index in [-0.39, 0.29) is 5.56 Å². The van der Waals surface area contributed by atoms with Crippen molar-refractivity contribution in [1.29, 1.82) is 0 Å². The summed E-state index contributed by atoms with van der Waals surface area (Å²) in [7, 11) is -4.44. The molecule has 0 aliphatic heterocycles. The highest BCUT2D eigenvalue weighted by molar-refractivity contribution is 7.91. The zero-order valence-electron chi connectivity index (χ0n) is 11.7. The molecule has 0 aliphatic rings. The molecule has 0 aromatic heterocycles. The third-order valence-corrected chi connectivity index (χ3v) is 4.94. The van der Waals surface area contributed by atoms with Crippen molar-refractivity contribution in [3.05, 3.63) is 59.2 Å². The first-order chi connectivity index (χ1) is 11.1. The van der Waals surface area contributed by atoms with Crippen LogP contribution in [-0.4, -0.2) is 26.3 Å². The molecular formula is C15H7O8S-3. The van der Waals surface area contributed by atoms with Crippen molar-refractivity contribution in [3.63, 3.8) is 0 Å². The fraction of sp³-hybridized carbons (Fsp3) is 0. The van der Waals surface area contributed by atoms with E-state index in [1.54, 1.807) is 0 Å². The van der Waals surface area contributed by atoms with Gasteiger partial charge in [-0.2, -0.15) is 0 Å². The number of carboxylic acids is 3. The molecule has 0 bridgehead atoms. The SMILES string of the molecule is O=C([O-])c1ccc(S(=O)(=O)c2cc(C(=O)[O-])ccc2C(=O)[O-])cc1. The van der Waals surface area contributed by atoms with Crippen molar-refractivity contribution in [2.24, 2.45) is 0 Å². The summed E-state index contributed by atoms with van der Waals surface area (Å²) < 4.78 is 25.1. The lowest BCUT2D eigenvalue weighted by Gasteiger charge is -2.14. The minimum absolute atomic E-state index is 0.280. The predicted molar refractivity (Wildman–Crippen MR) is 71.3 cm³/mol. The average molecular weight is 347 g/mol. The van der Waals surface area contributed by atoms with Crippen LogP contribution in [0.3, 0.4) is 0 Å². The van der Waals surface area contributed by atoms with E-state index >= 15 is 0 Å². The van der Waals surface area contributed by atoms with Gasteiger partial charge in [-0.1, -0.05) is 24.3 Å². The molecule has 9 heteroatoms. The highest BCUT2D eigenvalue weighted by atomic mass is 32.2.